The van der Waals surface area contributed by atoms with Crippen LogP contribution in [0.3, 0.4) is 0 Å². The van der Waals surface area contributed by atoms with Gasteiger partial charge in [0.15, 0.2) is 0 Å². The van der Waals surface area contributed by atoms with Crippen molar-refractivity contribution in [2.75, 3.05) is 21.3 Å². The van der Waals surface area contributed by atoms with Gasteiger partial charge in [-0.25, -0.2) is 0 Å². The summed E-state index contributed by atoms with van der Waals surface area (Å²) in [6.07, 6.45) is 0. The second-order valence-electron chi connectivity index (χ2n) is 1.42. The molecule has 0 saturated heterocycles. The molecule has 9 heavy (non-hydrogen) atoms. The molecular weight excluding hydrogens is 136 g/mol. The van der Waals surface area contributed by atoms with Gasteiger partial charge in [-0.2, -0.15) is 0 Å². The van der Waals surface area contributed by atoms with Gasteiger partial charge in [0.05, 0.1) is 0 Å². The van der Waals surface area contributed by atoms with Crippen molar-refractivity contribution in [3.63, 3.8) is 0 Å². The van der Waals surface area contributed by atoms with Crippen LogP contribution in [0.25, 0.3) is 0 Å². The maximum atomic E-state index is 4.96. The van der Waals surface area contributed by atoms with Crippen LogP contribution in [0.5, 0.6) is 0 Å². The Labute approximate surface area is 58.1 Å². The molecule has 0 spiro atoms. The van der Waals surface area contributed by atoms with E-state index in [-0.39, 0.29) is 1.43 Å². The highest BCUT2D eigenvalue weighted by atomic mass is 28.4. The molecule has 56 valence electrons. The number of rotatable bonds is 4. The van der Waals surface area contributed by atoms with Crippen LogP contribution < -0.4 is 0 Å². The average molecular weight is 150 g/mol. The van der Waals surface area contributed by atoms with Crippen LogP contribution in [0.2, 0.25) is 0 Å². The normalized spacial score (nSPS) is 11.4. The summed E-state index contributed by atoms with van der Waals surface area (Å²) in [4.78, 5) is 0. The highest BCUT2D eigenvalue weighted by molar-refractivity contribution is 6.66. The first-order valence-electron chi connectivity index (χ1n) is 2.53. The highest BCUT2D eigenvalue weighted by Gasteiger charge is 2.33. The van der Waals surface area contributed by atoms with E-state index in [1.807, 2.05) is 0 Å². The summed E-state index contributed by atoms with van der Waals surface area (Å²) < 4.78 is 14.9. The van der Waals surface area contributed by atoms with E-state index >= 15 is 0 Å². The molecule has 0 unspecified atom stereocenters. The van der Waals surface area contributed by atoms with E-state index in [2.05, 4.69) is 6.58 Å². The van der Waals surface area contributed by atoms with E-state index in [0.717, 1.165) is 0 Å². The van der Waals surface area contributed by atoms with E-state index in [4.69, 9.17) is 13.3 Å². The molecule has 0 aromatic carbocycles. The first-order valence-corrected chi connectivity index (χ1v) is 4.34. The van der Waals surface area contributed by atoms with Crippen LogP contribution in [0, 0.1) is 0 Å². The number of hydrogen-bond acceptors (Lipinski definition) is 3. The zero-order chi connectivity index (χ0) is 7.33. The van der Waals surface area contributed by atoms with Gasteiger partial charge in [-0.1, -0.05) is 6.58 Å². The average Bonchev–Trinajstić information content (AvgIpc) is 1.95. The molecule has 0 rings (SSSR count). The summed E-state index contributed by atoms with van der Waals surface area (Å²) in [5.74, 6) is 0. The Bertz CT molecular complexity index is 86.6. The van der Waals surface area contributed by atoms with E-state index in [1.54, 1.807) is 27.0 Å². The molecule has 0 aromatic heterocycles. The molecule has 0 amide bonds. The molecular formula is C5H14O3Si. The summed E-state index contributed by atoms with van der Waals surface area (Å²) in [6, 6.07) is 0. The third kappa shape index (κ3) is 1.91. The molecule has 3 nitrogen and oxygen atoms in total. The van der Waals surface area contributed by atoms with Gasteiger partial charge in [-0.05, 0) is 5.70 Å². The third-order valence-corrected chi connectivity index (χ3v) is 3.31. The minimum absolute atomic E-state index is 0. The lowest BCUT2D eigenvalue weighted by Gasteiger charge is -2.19. The first-order chi connectivity index (χ1) is 4.24. The van der Waals surface area contributed by atoms with Crippen molar-refractivity contribution in [3.05, 3.63) is 12.3 Å². The quantitative estimate of drug-likeness (QED) is 0.556. The standard InChI is InChI=1S/C5H12O3Si.H2/c1-5-9(6-2,7-3)8-4;/h5H,1H2,2-4H3;1H. The fraction of sp³-hybridized carbons (Fsp3) is 0.600. The molecule has 0 aliphatic heterocycles. The van der Waals surface area contributed by atoms with Gasteiger partial charge < -0.3 is 13.3 Å². The second-order valence-corrected chi connectivity index (χ2v) is 4.26. The Morgan fingerprint density at radius 2 is 1.56 bits per heavy atom. The lowest BCUT2D eigenvalue weighted by Crippen LogP contribution is -2.40. The molecule has 0 aliphatic rings. The number of hydrogen-bond donors (Lipinski definition) is 0. The predicted molar refractivity (Wildman–Crippen MR) is 39.1 cm³/mol. The molecule has 4 heteroatoms. The van der Waals surface area contributed by atoms with Gasteiger partial charge >= 0.3 is 8.80 Å². The summed E-state index contributed by atoms with van der Waals surface area (Å²) in [7, 11) is 2.20. The van der Waals surface area contributed by atoms with Crippen LogP contribution in [-0.2, 0) is 13.3 Å². The molecule has 0 atom stereocenters. The Kier molecular flexibility index (Phi) is 3.72. The Morgan fingerprint density at radius 1 is 1.22 bits per heavy atom. The van der Waals surface area contributed by atoms with E-state index in [0.29, 0.717) is 0 Å². The van der Waals surface area contributed by atoms with Crippen LogP contribution in [0.1, 0.15) is 1.43 Å². The van der Waals surface area contributed by atoms with Crippen molar-refractivity contribution >= 4 is 8.80 Å². The van der Waals surface area contributed by atoms with Crippen molar-refractivity contribution in [2.24, 2.45) is 0 Å². The Balaban J connectivity index is 0. The van der Waals surface area contributed by atoms with E-state index in [9.17, 15) is 0 Å². The zero-order valence-electron chi connectivity index (χ0n) is 6.01. The molecule has 0 saturated carbocycles. The first kappa shape index (κ1) is 8.84. The van der Waals surface area contributed by atoms with E-state index < -0.39 is 8.80 Å². The van der Waals surface area contributed by atoms with Crippen LogP contribution in [0.15, 0.2) is 12.3 Å². The SMILES string of the molecule is C=C[Si](OC)(OC)OC.[HH]. The van der Waals surface area contributed by atoms with Crippen molar-refractivity contribution in [2.45, 2.75) is 0 Å². The summed E-state index contributed by atoms with van der Waals surface area (Å²) in [5.41, 5.74) is 1.58. The van der Waals surface area contributed by atoms with Crippen molar-refractivity contribution < 1.29 is 14.7 Å². The van der Waals surface area contributed by atoms with E-state index in [1.165, 1.54) is 0 Å². The smallest absolute Gasteiger partial charge is 0.374 e. The zero-order valence-corrected chi connectivity index (χ0v) is 7.01. The van der Waals surface area contributed by atoms with Gasteiger partial charge in [0.1, 0.15) is 0 Å². The molecule has 0 N–H and O–H groups in total. The van der Waals surface area contributed by atoms with Crippen LogP contribution >= 0.6 is 0 Å². The summed E-state index contributed by atoms with van der Waals surface area (Å²) in [6.45, 7) is 3.53. The molecule has 0 radical (unpaired) electrons. The summed E-state index contributed by atoms with van der Waals surface area (Å²) >= 11 is 0. The molecule has 0 aliphatic carbocycles. The lowest BCUT2D eigenvalue weighted by atomic mass is 11.3. The van der Waals surface area contributed by atoms with Gasteiger partial charge in [-0.15, -0.1) is 0 Å². The molecule has 0 bridgehead atoms. The molecule has 0 heterocycles. The van der Waals surface area contributed by atoms with Gasteiger partial charge in [0, 0.05) is 22.8 Å². The highest BCUT2D eigenvalue weighted by Crippen LogP contribution is 2.04. The predicted octanol–water partition coefficient (Wildman–Crippen LogP) is 0.836. The van der Waals surface area contributed by atoms with Gasteiger partial charge in [0.25, 0.3) is 0 Å². The van der Waals surface area contributed by atoms with Crippen molar-refractivity contribution in [3.8, 4) is 0 Å². The Hall–Kier alpha value is -0.163. The maximum absolute atomic E-state index is 4.96. The largest absolute Gasteiger partial charge is 0.528 e. The van der Waals surface area contributed by atoms with Gasteiger partial charge in [-0.3, -0.25) is 0 Å². The summed E-state index contributed by atoms with van der Waals surface area (Å²) in [5, 5.41) is 0. The molecule has 0 fully saturated rings. The molecule has 0 aromatic rings. The van der Waals surface area contributed by atoms with Gasteiger partial charge in [0.2, 0.25) is 0 Å². The minimum Gasteiger partial charge on any atom is -0.374 e. The van der Waals surface area contributed by atoms with Crippen molar-refractivity contribution in [1.29, 1.82) is 0 Å². The monoisotopic (exact) mass is 150 g/mol. The third-order valence-electron chi connectivity index (χ3n) is 1.10. The van der Waals surface area contributed by atoms with Crippen LogP contribution in [-0.4, -0.2) is 30.1 Å². The fourth-order valence-electron chi connectivity index (χ4n) is 0.500. The topological polar surface area (TPSA) is 27.7 Å². The Morgan fingerprint density at radius 3 is 1.56 bits per heavy atom. The fourth-order valence-corrected chi connectivity index (χ4v) is 1.50. The lowest BCUT2D eigenvalue weighted by molar-refractivity contribution is 0.138. The van der Waals surface area contributed by atoms with Crippen molar-refractivity contribution in [1.82, 2.24) is 0 Å². The maximum Gasteiger partial charge on any atom is 0.528 e. The second kappa shape index (κ2) is 3.79. The van der Waals surface area contributed by atoms with Crippen LogP contribution in [0.4, 0.5) is 0 Å². The minimum atomic E-state index is -2.43.